The van der Waals surface area contributed by atoms with Gasteiger partial charge in [-0.2, -0.15) is 0 Å². The highest BCUT2D eigenvalue weighted by atomic mass is 19.1. The van der Waals surface area contributed by atoms with E-state index in [-0.39, 0.29) is 12.3 Å². The lowest BCUT2D eigenvalue weighted by molar-refractivity contribution is -0.123. The molecule has 0 aromatic heterocycles. The zero-order chi connectivity index (χ0) is 14.2. The van der Waals surface area contributed by atoms with Gasteiger partial charge in [-0.25, -0.2) is 18.5 Å². The van der Waals surface area contributed by atoms with Crippen LogP contribution in [-0.4, -0.2) is 31.2 Å². The summed E-state index contributed by atoms with van der Waals surface area (Å²) >= 11 is 0. The van der Waals surface area contributed by atoms with Crippen molar-refractivity contribution in [3.8, 4) is 0 Å². The Morgan fingerprint density at radius 1 is 1.26 bits per heavy atom. The minimum absolute atomic E-state index is 0.0358. The molecule has 2 rings (SSSR count). The van der Waals surface area contributed by atoms with Gasteiger partial charge in [0.25, 0.3) is 5.91 Å². The molecule has 1 aliphatic rings. The number of hydrogen-bond acceptors (Lipinski definition) is 3. The van der Waals surface area contributed by atoms with Gasteiger partial charge in [0.05, 0.1) is 12.3 Å². The Labute approximate surface area is 108 Å². The van der Waals surface area contributed by atoms with E-state index in [9.17, 15) is 18.4 Å². The van der Waals surface area contributed by atoms with Gasteiger partial charge in [0, 0.05) is 13.2 Å². The zero-order valence-electron chi connectivity index (χ0n) is 10.4. The van der Waals surface area contributed by atoms with Crippen molar-refractivity contribution >= 4 is 17.6 Å². The highest BCUT2D eigenvalue weighted by molar-refractivity contribution is 6.23. The maximum absolute atomic E-state index is 13.1. The van der Waals surface area contributed by atoms with Crippen LogP contribution >= 0.6 is 0 Å². The lowest BCUT2D eigenvalue weighted by Gasteiger charge is -2.20. The molecule has 102 valence electrons. The number of imide groups is 1. The minimum atomic E-state index is -1.24. The van der Waals surface area contributed by atoms with Crippen molar-refractivity contribution in [1.29, 1.82) is 0 Å². The average molecular weight is 270 g/mol. The number of halogens is 2. The second-order valence-corrected chi connectivity index (χ2v) is 4.46. The van der Waals surface area contributed by atoms with Gasteiger partial charge in [0.2, 0.25) is 0 Å². The monoisotopic (exact) mass is 270 g/mol. The van der Waals surface area contributed by atoms with Crippen LogP contribution in [0, 0.1) is 11.6 Å². The first-order valence-electron chi connectivity index (χ1n) is 5.49. The number of urea groups is 1. The molecule has 3 amide bonds. The van der Waals surface area contributed by atoms with Crippen LogP contribution in [0.5, 0.6) is 0 Å². The molecule has 1 unspecified atom stereocenters. The molecule has 1 aromatic carbocycles. The maximum Gasteiger partial charge on any atom is 0.329 e. The Bertz CT molecular complexity index is 530. The van der Waals surface area contributed by atoms with E-state index in [1.54, 1.807) is 0 Å². The van der Waals surface area contributed by atoms with Gasteiger partial charge >= 0.3 is 6.03 Å². The molecule has 19 heavy (non-hydrogen) atoms. The molecular formula is C12H12F2N2O3. The number of carbonyl (C=O) groups is 2. The average Bonchev–Trinajstić information content (AvgIpc) is 2.48. The zero-order valence-corrected chi connectivity index (χ0v) is 10.4. The number of ether oxygens (including phenoxy) is 1. The fourth-order valence-electron chi connectivity index (χ4n) is 1.97. The van der Waals surface area contributed by atoms with Crippen molar-refractivity contribution in [2.24, 2.45) is 0 Å². The summed E-state index contributed by atoms with van der Waals surface area (Å²) in [6.45, 7) is 1.44. The molecule has 1 atom stereocenters. The number of anilines is 1. The molecule has 7 heteroatoms. The van der Waals surface area contributed by atoms with E-state index in [2.05, 4.69) is 5.32 Å². The Morgan fingerprint density at radius 3 is 2.37 bits per heavy atom. The molecule has 0 aliphatic carbocycles. The fraction of sp³-hybridized carbons (Fsp3) is 0.333. The quantitative estimate of drug-likeness (QED) is 0.845. The number of carbonyl (C=O) groups excluding carboxylic acids is 2. The molecule has 0 radical (unpaired) electrons. The van der Waals surface area contributed by atoms with Gasteiger partial charge in [0.15, 0.2) is 0 Å². The second-order valence-electron chi connectivity index (χ2n) is 4.46. The van der Waals surface area contributed by atoms with Gasteiger partial charge in [0.1, 0.15) is 17.2 Å². The van der Waals surface area contributed by atoms with Gasteiger partial charge in [-0.05, 0) is 19.1 Å². The largest absolute Gasteiger partial charge is 0.382 e. The van der Waals surface area contributed by atoms with Crippen LogP contribution in [-0.2, 0) is 9.53 Å². The summed E-state index contributed by atoms with van der Waals surface area (Å²) in [6, 6.07) is 1.75. The summed E-state index contributed by atoms with van der Waals surface area (Å²) in [7, 11) is 1.38. The number of rotatable bonds is 3. The fourth-order valence-corrected chi connectivity index (χ4v) is 1.97. The first-order valence-corrected chi connectivity index (χ1v) is 5.49. The Kier molecular flexibility index (Phi) is 3.23. The smallest absolute Gasteiger partial charge is 0.329 e. The van der Waals surface area contributed by atoms with Gasteiger partial charge < -0.3 is 10.1 Å². The van der Waals surface area contributed by atoms with Crippen LogP contribution in [0.2, 0.25) is 0 Å². The predicted molar refractivity (Wildman–Crippen MR) is 62.7 cm³/mol. The third-order valence-electron chi connectivity index (χ3n) is 2.80. The van der Waals surface area contributed by atoms with Crippen LogP contribution in [0.3, 0.4) is 0 Å². The predicted octanol–water partition coefficient (Wildman–Crippen LogP) is 1.43. The van der Waals surface area contributed by atoms with E-state index in [0.29, 0.717) is 11.0 Å². The molecule has 1 aromatic rings. The van der Waals surface area contributed by atoms with Crippen molar-refractivity contribution < 1.29 is 23.1 Å². The van der Waals surface area contributed by atoms with Crippen molar-refractivity contribution in [3.05, 3.63) is 29.8 Å². The van der Waals surface area contributed by atoms with Crippen LogP contribution in [0.1, 0.15) is 6.92 Å². The summed E-state index contributed by atoms with van der Waals surface area (Å²) in [5.41, 5.74) is -1.39. The molecule has 0 saturated carbocycles. The summed E-state index contributed by atoms with van der Waals surface area (Å²) in [5, 5.41) is 2.44. The number of benzene rings is 1. The summed E-state index contributed by atoms with van der Waals surface area (Å²) in [5.74, 6) is -2.35. The Hall–Kier alpha value is -2.02. The van der Waals surface area contributed by atoms with Crippen molar-refractivity contribution in [3.63, 3.8) is 0 Å². The normalized spacial score (nSPS) is 22.8. The molecule has 1 aliphatic heterocycles. The second kappa shape index (κ2) is 4.58. The van der Waals surface area contributed by atoms with E-state index in [1.165, 1.54) is 14.0 Å². The molecule has 0 spiro atoms. The molecule has 1 heterocycles. The van der Waals surface area contributed by atoms with E-state index in [1.807, 2.05) is 0 Å². The Morgan fingerprint density at radius 2 is 1.84 bits per heavy atom. The number of nitrogens with zero attached hydrogens (tertiary/aromatic N) is 1. The number of methoxy groups -OCH3 is 1. The molecular weight excluding hydrogens is 258 g/mol. The van der Waals surface area contributed by atoms with Crippen LogP contribution in [0.15, 0.2) is 18.2 Å². The first kappa shape index (κ1) is 13.4. The van der Waals surface area contributed by atoms with Gasteiger partial charge in [-0.15, -0.1) is 0 Å². The van der Waals surface area contributed by atoms with Crippen molar-refractivity contribution in [2.75, 3.05) is 18.6 Å². The summed E-state index contributed by atoms with van der Waals surface area (Å²) in [6.07, 6.45) is 0. The molecule has 1 N–H and O–H groups in total. The maximum atomic E-state index is 13.1. The minimum Gasteiger partial charge on any atom is -0.382 e. The van der Waals surface area contributed by atoms with Gasteiger partial charge in [-0.3, -0.25) is 4.79 Å². The van der Waals surface area contributed by atoms with Crippen LogP contribution in [0.4, 0.5) is 19.3 Å². The molecule has 5 nitrogen and oxygen atoms in total. The lowest BCUT2D eigenvalue weighted by atomic mass is 10.0. The highest BCUT2D eigenvalue weighted by Gasteiger charge is 2.48. The topological polar surface area (TPSA) is 58.6 Å². The van der Waals surface area contributed by atoms with Crippen LogP contribution < -0.4 is 10.2 Å². The molecule has 1 saturated heterocycles. The third kappa shape index (κ3) is 2.28. The van der Waals surface area contributed by atoms with Crippen molar-refractivity contribution in [1.82, 2.24) is 5.32 Å². The third-order valence-corrected chi connectivity index (χ3v) is 2.80. The van der Waals surface area contributed by atoms with Crippen LogP contribution in [0.25, 0.3) is 0 Å². The molecule has 1 fully saturated rings. The van der Waals surface area contributed by atoms with Gasteiger partial charge in [-0.1, -0.05) is 0 Å². The SMILES string of the molecule is COCC1(C)NC(=O)N(c2cc(F)cc(F)c2)C1=O. The number of amides is 3. The van der Waals surface area contributed by atoms with Crippen molar-refractivity contribution in [2.45, 2.75) is 12.5 Å². The first-order chi connectivity index (χ1) is 8.87. The highest BCUT2D eigenvalue weighted by Crippen LogP contribution is 2.26. The standard InChI is InChI=1S/C12H12F2N2O3/c1-12(6-19-2)10(17)16(11(18)15-12)9-4-7(13)3-8(14)5-9/h3-5H,6H2,1-2H3,(H,15,18). The lowest BCUT2D eigenvalue weighted by Crippen LogP contribution is -2.47. The summed E-state index contributed by atoms with van der Waals surface area (Å²) in [4.78, 5) is 24.7. The number of nitrogens with one attached hydrogen (secondary N) is 1. The van der Waals surface area contributed by atoms with E-state index in [0.717, 1.165) is 12.1 Å². The van der Waals surface area contributed by atoms with E-state index >= 15 is 0 Å². The Balaban J connectivity index is 2.40. The van der Waals surface area contributed by atoms with E-state index < -0.39 is 29.1 Å². The molecule has 0 bridgehead atoms. The van der Waals surface area contributed by atoms with E-state index in [4.69, 9.17) is 4.74 Å². The number of hydrogen-bond donors (Lipinski definition) is 1. The summed E-state index contributed by atoms with van der Waals surface area (Å²) < 4.78 is 31.2.